The maximum Gasteiger partial charge on any atom is 0.251 e. The first-order chi connectivity index (χ1) is 15.0. The number of hydrogen-bond acceptors (Lipinski definition) is 6. The highest BCUT2D eigenvalue weighted by molar-refractivity contribution is 6.30. The lowest BCUT2D eigenvalue weighted by molar-refractivity contribution is 0.0950. The molecule has 4 rings (SSSR count). The van der Waals surface area contributed by atoms with Crippen LogP contribution in [0.2, 0.25) is 5.02 Å². The first-order valence-corrected chi connectivity index (χ1v) is 10.1. The predicted octanol–water partition coefficient (Wildman–Crippen LogP) is 3.57. The van der Waals surface area contributed by atoms with Crippen LogP contribution in [-0.4, -0.2) is 35.6 Å². The lowest BCUT2D eigenvalue weighted by Gasteiger charge is -2.12. The van der Waals surface area contributed by atoms with Crippen molar-refractivity contribution in [1.29, 1.82) is 0 Å². The molecule has 4 aromatic rings. The van der Waals surface area contributed by atoms with Gasteiger partial charge in [-0.3, -0.25) is 19.7 Å². The lowest BCUT2D eigenvalue weighted by Crippen LogP contribution is -2.23. The molecule has 0 aliphatic heterocycles. The Morgan fingerprint density at radius 2 is 1.94 bits per heavy atom. The summed E-state index contributed by atoms with van der Waals surface area (Å²) in [5, 5.41) is 7.76. The van der Waals surface area contributed by atoms with Crippen molar-refractivity contribution in [1.82, 2.24) is 35.0 Å². The Morgan fingerprint density at radius 1 is 1.06 bits per heavy atom. The highest BCUT2D eigenvalue weighted by atomic mass is 35.5. The topological polar surface area (TPSA) is 98.5 Å². The summed E-state index contributed by atoms with van der Waals surface area (Å²) in [4.78, 5) is 30.1. The molecule has 31 heavy (non-hydrogen) atoms. The summed E-state index contributed by atoms with van der Waals surface area (Å²) in [7, 11) is 0. The van der Waals surface area contributed by atoms with Gasteiger partial charge in [0, 0.05) is 29.9 Å². The van der Waals surface area contributed by atoms with Crippen LogP contribution in [0.4, 0.5) is 0 Å². The zero-order valence-corrected chi connectivity index (χ0v) is 17.8. The average Bonchev–Trinajstić information content (AvgIpc) is 3.28. The first kappa shape index (κ1) is 20.6. The van der Waals surface area contributed by atoms with E-state index in [0.29, 0.717) is 28.4 Å². The lowest BCUT2D eigenvalue weighted by atomic mass is 10.1. The van der Waals surface area contributed by atoms with Crippen molar-refractivity contribution < 1.29 is 4.79 Å². The minimum absolute atomic E-state index is 0.238. The third-order valence-corrected chi connectivity index (χ3v) is 4.87. The third-order valence-electron chi connectivity index (χ3n) is 4.65. The van der Waals surface area contributed by atoms with Gasteiger partial charge in [0.15, 0.2) is 0 Å². The van der Waals surface area contributed by atoms with Crippen molar-refractivity contribution in [2.75, 3.05) is 0 Å². The van der Waals surface area contributed by atoms with Crippen LogP contribution in [0.15, 0.2) is 55.2 Å². The molecule has 3 heterocycles. The van der Waals surface area contributed by atoms with Crippen LogP contribution in [0.3, 0.4) is 0 Å². The molecule has 0 bridgehead atoms. The molecule has 9 heteroatoms. The molecule has 0 radical (unpaired) electrons. The zero-order valence-electron chi connectivity index (χ0n) is 17.1. The molecule has 0 saturated heterocycles. The Morgan fingerprint density at radius 3 is 2.65 bits per heavy atom. The fraction of sp³-hybridized carbons (Fsp3) is 0.182. The molecule has 1 aromatic carbocycles. The number of amides is 1. The van der Waals surface area contributed by atoms with E-state index in [2.05, 4.69) is 30.4 Å². The largest absolute Gasteiger partial charge is 0.346 e. The van der Waals surface area contributed by atoms with Crippen molar-refractivity contribution in [3.05, 3.63) is 83.0 Å². The van der Waals surface area contributed by atoms with Crippen molar-refractivity contribution in [2.45, 2.75) is 26.8 Å². The van der Waals surface area contributed by atoms with Gasteiger partial charge in [-0.15, -0.1) is 0 Å². The summed E-state index contributed by atoms with van der Waals surface area (Å²) in [6.07, 6.45) is 7.10. The van der Waals surface area contributed by atoms with Gasteiger partial charge in [-0.1, -0.05) is 18.5 Å². The Labute approximate surface area is 184 Å². The molecule has 0 saturated carbocycles. The van der Waals surface area contributed by atoms with Gasteiger partial charge in [-0.25, -0.2) is 9.67 Å². The minimum Gasteiger partial charge on any atom is -0.346 e. The van der Waals surface area contributed by atoms with Crippen molar-refractivity contribution in [2.24, 2.45) is 0 Å². The number of halogens is 1. The predicted molar refractivity (Wildman–Crippen MR) is 117 cm³/mol. The molecule has 0 aliphatic rings. The van der Waals surface area contributed by atoms with E-state index in [9.17, 15) is 4.79 Å². The number of pyridine rings is 1. The van der Waals surface area contributed by atoms with Gasteiger partial charge < -0.3 is 5.32 Å². The smallest absolute Gasteiger partial charge is 0.251 e. The number of nitrogens with one attached hydrogen (secondary N) is 1. The molecule has 0 aliphatic carbocycles. The van der Waals surface area contributed by atoms with Gasteiger partial charge in [0.05, 0.1) is 40.5 Å². The molecular formula is C22H20ClN7O. The molecule has 1 amide bonds. The number of hydrogen-bond donors (Lipinski definition) is 1. The monoisotopic (exact) mass is 433 g/mol. The second-order valence-corrected chi connectivity index (χ2v) is 7.34. The average molecular weight is 434 g/mol. The van der Waals surface area contributed by atoms with E-state index >= 15 is 0 Å². The van der Waals surface area contributed by atoms with E-state index in [4.69, 9.17) is 11.6 Å². The van der Waals surface area contributed by atoms with Gasteiger partial charge in [0.1, 0.15) is 12.2 Å². The molecule has 8 nitrogen and oxygen atoms in total. The van der Waals surface area contributed by atoms with Crippen molar-refractivity contribution in [3.63, 3.8) is 0 Å². The summed E-state index contributed by atoms with van der Waals surface area (Å²) >= 11 is 5.98. The van der Waals surface area contributed by atoms with Crippen LogP contribution in [0.5, 0.6) is 0 Å². The zero-order chi connectivity index (χ0) is 21.8. The van der Waals surface area contributed by atoms with Crippen molar-refractivity contribution in [3.8, 4) is 16.9 Å². The second kappa shape index (κ2) is 9.01. The third kappa shape index (κ3) is 4.75. The van der Waals surface area contributed by atoms with E-state index in [1.807, 2.05) is 26.0 Å². The number of nitrogens with zero attached hydrogens (tertiary/aromatic N) is 6. The molecule has 156 valence electrons. The number of carbonyl (C=O) groups excluding carboxylic acids is 1. The van der Waals surface area contributed by atoms with Gasteiger partial charge in [0.2, 0.25) is 0 Å². The fourth-order valence-corrected chi connectivity index (χ4v) is 3.18. The summed E-state index contributed by atoms with van der Waals surface area (Å²) in [6, 6.07) is 9.07. The van der Waals surface area contributed by atoms with Crippen molar-refractivity contribution >= 4 is 17.5 Å². The van der Waals surface area contributed by atoms with Crippen LogP contribution in [-0.2, 0) is 13.0 Å². The van der Waals surface area contributed by atoms with E-state index in [0.717, 1.165) is 22.8 Å². The van der Waals surface area contributed by atoms with Crippen LogP contribution in [0.25, 0.3) is 16.9 Å². The second-order valence-electron chi connectivity index (χ2n) is 6.90. The molecular weight excluding hydrogens is 414 g/mol. The van der Waals surface area contributed by atoms with E-state index < -0.39 is 0 Å². The number of rotatable bonds is 6. The van der Waals surface area contributed by atoms with Gasteiger partial charge in [0.25, 0.3) is 5.91 Å². The number of carbonyl (C=O) groups is 1. The van der Waals surface area contributed by atoms with Crippen LogP contribution in [0.1, 0.15) is 34.5 Å². The molecule has 0 unspecified atom stereocenters. The van der Waals surface area contributed by atoms with Gasteiger partial charge in [-0.2, -0.15) is 5.10 Å². The van der Waals surface area contributed by atoms with E-state index in [1.165, 1.54) is 6.33 Å². The van der Waals surface area contributed by atoms with Crippen LogP contribution < -0.4 is 5.32 Å². The highest BCUT2D eigenvalue weighted by Gasteiger charge is 2.14. The SMILES string of the molecule is CCc1ncnn1-c1cc(C(=O)NCc2cnc(C)cn2)cc(-c2ccc(Cl)cn2)c1. The molecule has 3 aromatic heterocycles. The Bertz CT molecular complexity index is 1200. The summed E-state index contributed by atoms with van der Waals surface area (Å²) < 4.78 is 1.72. The Hall–Kier alpha value is -3.65. The molecule has 0 atom stereocenters. The summed E-state index contributed by atoms with van der Waals surface area (Å²) in [6.45, 7) is 4.14. The van der Waals surface area contributed by atoms with E-state index in [-0.39, 0.29) is 12.5 Å². The maximum absolute atomic E-state index is 13.0. The summed E-state index contributed by atoms with van der Waals surface area (Å²) in [5.41, 5.74) is 4.17. The van der Waals surface area contributed by atoms with Crippen LogP contribution in [0, 0.1) is 6.92 Å². The van der Waals surface area contributed by atoms with Crippen LogP contribution >= 0.6 is 11.6 Å². The normalized spacial score (nSPS) is 10.8. The minimum atomic E-state index is -0.238. The Kier molecular flexibility index (Phi) is 5.99. The number of aryl methyl sites for hydroxylation is 2. The van der Waals surface area contributed by atoms with Gasteiger partial charge >= 0.3 is 0 Å². The quantitative estimate of drug-likeness (QED) is 0.499. The fourth-order valence-electron chi connectivity index (χ4n) is 3.06. The highest BCUT2D eigenvalue weighted by Crippen LogP contribution is 2.24. The molecule has 0 spiro atoms. The van der Waals surface area contributed by atoms with Gasteiger partial charge in [-0.05, 0) is 37.3 Å². The first-order valence-electron chi connectivity index (χ1n) is 9.75. The standard InChI is InChI=1S/C22H20ClN7O/c1-3-21-28-13-29-30(21)19-7-15(20-5-4-17(23)10-26-20)6-16(8-19)22(31)27-12-18-11-24-14(2)9-25-18/h4-11,13H,3,12H2,1-2H3,(H,27,31). The summed E-state index contributed by atoms with van der Waals surface area (Å²) in [5.74, 6) is 0.556. The number of benzene rings is 1. The Balaban J connectivity index is 1.69. The number of aromatic nitrogens is 6. The van der Waals surface area contributed by atoms with E-state index in [1.54, 1.807) is 41.5 Å². The molecule has 0 fully saturated rings. The maximum atomic E-state index is 13.0. The molecule has 1 N–H and O–H groups in total.